The van der Waals surface area contributed by atoms with Crippen molar-refractivity contribution in [2.45, 2.75) is 135 Å². The number of rotatable bonds is 13. The third-order valence-electron chi connectivity index (χ3n) is 7.23. The van der Waals surface area contributed by atoms with Crippen LogP contribution in [0.4, 0.5) is 0 Å². The van der Waals surface area contributed by atoms with E-state index in [0.717, 1.165) is 50.9 Å². The summed E-state index contributed by atoms with van der Waals surface area (Å²) in [5, 5.41) is 13.7. The Balaban J connectivity index is 1.79. The Hall–Kier alpha value is -0.870. The second-order valence-corrected chi connectivity index (χ2v) is 9.75. The molecule has 1 aliphatic carbocycles. The molecule has 0 aromatic carbocycles. The van der Waals surface area contributed by atoms with Crippen LogP contribution < -0.4 is 5.32 Å². The van der Waals surface area contributed by atoms with Crippen molar-refractivity contribution in [3.05, 3.63) is 12.2 Å². The van der Waals surface area contributed by atoms with Gasteiger partial charge < -0.3 is 15.2 Å². The first-order chi connectivity index (χ1) is 14.5. The fourth-order valence-electron chi connectivity index (χ4n) is 5.49. The highest BCUT2D eigenvalue weighted by molar-refractivity contribution is 5.82. The van der Waals surface area contributed by atoms with Crippen LogP contribution in [-0.2, 0) is 9.53 Å². The number of aliphatic hydroxyl groups excluding tert-OH is 1. The summed E-state index contributed by atoms with van der Waals surface area (Å²) in [6.45, 7) is 6.49. The highest BCUT2D eigenvalue weighted by Gasteiger charge is 2.41. The number of esters is 1. The number of piperidine rings is 1. The van der Waals surface area contributed by atoms with Crippen LogP contribution in [0, 0.1) is 11.8 Å². The van der Waals surface area contributed by atoms with Crippen LogP contribution in [0.3, 0.4) is 0 Å². The van der Waals surface area contributed by atoms with Gasteiger partial charge in [0.15, 0.2) is 0 Å². The van der Waals surface area contributed by atoms with Crippen molar-refractivity contribution in [3.8, 4) is 0 Å². The standard InChI is InChI=1S/C26H47NO3/c1-4-6-7-8-9-18-26(29)30-25-19-23-21(14-10-11-16-22(28)13-5-2)15-12-17-24(23)27-20(25)3/h9,18,20-25,27-28H,4-8,10-17,19H2,1-3H3/b18-9+. The van der Waals surface area contributed by atoms with Crippen molar-refractivity contribution in [2.24, 2.45) is 11.8 Å². The minimum atomic E-state index is -0.180. The van der Waals surface area contributed by atoms with E-state index < -0.39 is 0 Å². The van der Waals surface area contributed by atoms with Crippen LogP contribution in [-0.4, -0.2) is 35.4 Å². The van der Waals surface area contributed by atoms with Gasteiger partial charge in [-0.05, 0) is 57.3 Å². The predicted octanol–water partition coefficient (Wildman–Crippen LogP) is 5.92. The van der Waals surface area contributed by atoms with Gasteiger partial charge in [-0.1, -0.05) is 71.3 Å². The molecule has 0 spiro atoms. The van der Waals surface area contributed by atoms with E-state index in [2.05, 4.69) is 26.1 Å². The first kappa shape index (κ1) is 25.4. The number of fused-ring (bicyclic) bond motifs is 1. The zero-order chi connectivity index (χ0) is 21.8. The molecule has 1 aliphatic heterocycles. The summed E-state index contributed by atoms with van der Waals surface area (Å²) in [6, 6.07) is 0.801. The monoisotopic (exact) mass is 421 g/mol. The van der Waals surface area contributed by atoms with Gasteiger partial charge in [0.2, 0.25) is 0 Å². The van der Waals surface area contributed by atoms with E-state index in [1.807, 2.05) is 6.08 Å². The summed E-state index contributed by atoms with van der Waals surface area (Å²) in [5.41, 5.74) is 0. The molecule has 2 aliphatic rings. The Bertz CT molecular complexity index is 507. The lowest BCUT2D eigenvalue weighted by Gasteiger charge is -2.47. The van der Waals surface area contributed by atoms with Crippen LogP contribution in [0.2, 0.25) is 0 Å². The van der Waals surface area contributed by atoms with Crippen LogP contribution in [0.1, 0.15) is 111 Å². The first-order valence-corrected chi connectivity index (χ1v) is 12.9. The molecule has 6 atom stereocenters. The minimum absolute atomic E-state index is 0.0222. The van der Waals surface area contributed by atoms with E-state index in [9.17, 15) is 9.90 Å². The summed E-state index contributed by atoms with van der Waals surface area (Å²) in [5.74, 6) is 1.15. The molecule has 4 nitrogen and oxygen atoms in total. The third-order valence-corrected chi connectivity index (χ3v) is 7.23. The molecule has 0 aromatic heterocycles. The maximum Gasteiger partial charge on any atom is 0.330 e. The van der Waals surface area contributed by atoms with Gasteiger partial charge in [0.25, 0.3) is 0 Å². The quantitative estimate of drug-likeness (QED) is 0.220. The number of ether oxygens (including phenoxy) is 1. The van der Waals surface area contributed by atoms with Crippen LogP contribution in [0.5, 0.6) is 0 Å². The van der Waals surface area contributed by atoms with E-state index in [-0.39, 0.29) is 24.2 Å². The second-order valence-electron chi connectivity index (χ2n) is 9.75. The fraction of sp³-hybridized carbons (Fsp3) is 0.885. The predicted molar refractivity (Wildman–Crippen MR) is 124 cm³/mol. The summed E-state index contributed by atoms with van der Waals surface area (Å²) in [4.78, 5) is 12.3. The maximum absolute atomic E-state index is 12.3. The topological polar surface area (TPSA) is 58.6 Å². The summed E-state index contributed by atoms with van der Waals surface area (Å²) in [7, 11) is 0. The smallest absolute Gasteiger partial charge is 0.330 e. The van der Waals surface area contributed by atoms with Gasteiger partial charge in [0.05, 0.1) is 6.10 Å². The van der Waals surface area contributed by atoms with Crippen molar-refractivity contribution in [2.75, 3.05) is 0 Å². The number of hydrogen-bond acceptors (Lipinski definition) is 4. The van der Waals surface area contributed by atoms with Gasteiger partial charge in [-0.25, -0.2) is 4.79 Å². The van der Waals surface area contributed by atoms with Gasteiger partial charge in [0.1, 0.15) is 6.10 Å². The number of carbonyl (C=O) groups excluding carboxylic acids is 1. The molecular formula is C26H47NO3. The molecule has 2 N–H and O–H groups in total. The lowest BCUT2D eigenvalue weighted by atomic mass is 9.68. The first-order valence-electron chi connectivity index (χ1n) is 12.9. The molecule has 30 heavy (non-hydrogen) atoms. The van der Waals surface area contributed by atoms with E-state index in [0.29, 0.717) is 12.0 Å². The molecule has 2 rings (SSSR count). The number of unbranched alkanes of at least 4 members (excludes halogenated alkanes) is 4. The molecule has 0 aromatic rings. The number of nitrogens with one attached hydrogen (secondary N) is 1. The highest BCUT2D eigenvalue weighted by atomic mass is 16.5. The molecular weight excluding hydrogens is 374 g/mol. The van der Waals surface area contributed by atoms with Crippen LogP contribution in [0.25, 0.3) is 0 Å². The number of allylic oxidation sites excluding steroid dienone is 1. The fourth-order valence-corrected chi connectivity index (χ4v) is 5.49. The number of carbonyl (C=O) groups is 1. The molecule has 0 radical (unpaired) electrons. The highest BCUT2D eigenvalue weighted by Crippen LogP contribution is 2.40. The maximum atomic E-state index is 12.3. The summed E-state index contributed by atoms with van der Waals surface area (Å²) in [6.07, 6.45) is 19.3. The van der Waals surface area contributed by atoms with Gasteiger partial charge in [-0.2, -0.15) is 0 Å². The second kappa shape index (κ2) is 14.2. The Kier molecular flexibility index (Phi) is 12.1. The zero-order valence-corrected chi connectivity index (χ0v) is 19.8. The SMILES string of the molecule is CCCCC/C=C/C(=O)OC1CC2C(CCCCC(O)CCC)CCCC2NC1C. The van der Waals surface area contributed by atoms with Gasteiger partial charge in [0, 0.05) is 18.2 Å². The third kappa shape index (κ3) is 8.70. The van der Waals surface area contributed by atoms with E-state index in [1.165, 1.54) is 44.9 Å². The minimum Gasteiger partial charge on any atom is -0.458 e. The van der Waals surface area contributed by atoms with E-state index in [1.54, 1.807) is 6.08 Å². The molecule has 6 unspecified atom stereocenters. The lowest BCUT2D eigenvalue weighted by Crippen LogP contribution is -2.57. The Labute approximate surface area is 185 Å². The molecule has 1 saturated heterocycles. The van der Waals surface area contributed by atoms with Crippen molar-refractivity contribution >= 4 is 5.97 Å². The molecule has 2 fully saturated rings. The molecule has 174 valence electrons. The van der Waals surface area contributed by atoms with Crippen molar-refractivity contribution < 1.29 is 14.6 Å². The van der Waals surface area contributed by atoms with Crippen molar-refractivity contribution in [1.82, 2.24) is 5.32 Å². The molecule has 0 amide bonds. The summed E-state index contributed by atoms with van der Waals surface area (Å²) < 4.78 is 5.87. The molecule has 4 heteroatoms. The lowest BCUT2D eigenvalue weighted by molar-refractivity contribution is -0.148. The van der Waals surface area contributed by atoms with E-state index >= 15 is 0 Å². The average molecular weight is 422 g/mol. The normalized spacial score (nSPS) is 30.2. The van der Waals surface area contributed by atoms with Gasteiger partial charge in [-0.15, -0.1) is 0 Å². The Morgan fingerprint density at radius 3 is 2.73 bits per heavy atom. The Morgan fingerprint density at radius 1 is 1.13 bits per heavy atom. The van der Waals surface area contributed by atoms with Gasteiger partial charge in [-0.3, -0.25) is 0 Å². The number of hydrogen-bond donors (Lipinski definition) is 2. The van der Waals surface area contributed by atoms with Crippen LogP contribution in [0.15, 0.2) is 12.2 Å². The van der Waals surface area contributed by atoms with Gasteiger partial charge >= 0.3 is 5.97 Å². The van der Waals surface area contributed by atoms with E-state index in [4.69, 9.17) is 4.74 Å². The summed E-state index contributed by atoms with van der Waals surface area (Å²) >= 11 is 0. The Morgan fingerprint density at radius 2 is 1.97 bits per heavy atom. The molecule has 1 saturated carbocycles. The largest absolute Gasteiger partial charge is 0.458 e. The van der Waals surface area contributed by atoms with Crippen molar-refractivity contribution in [3.63, 3.8) is 0 Å². The molecule has 1 heterocycles. The zero-order valence-electron chi connectivity index (χ0n) is 19.8. The molecule has 0 bridgehead atoms. The van der Waals surface area contributed by atoms with Crippen molar-refractivity contribution in [1.29, 1.82) is 0 Å². The number of aliphatic hydroxyl groups is 1. The van der Waals surface area contributed by atoms with Crippen LogP contribution >= 0.6 is 0 Å². The average Bonchev–Trinajstić information content (AvgIpc) is 2.72.